The molecule has 3 rings (SSSR count). The number of ketones is 1. The first-order valence-corrected chi connectivity index (χ1v) is 9.43. The summed E-state index contributed by atoms with van der Waals surface area (Å²) in [6.07, 6.45) is 0. The molecule has 0 saturated carbocycles. The Morgan fingerprint density at radius 1 is 1.00 bits per heavy atom. The van der Waals surface area contributed by atoms with Crippen molar-refractivity contribution in [3.05, 3.63) is 64.1 Å². The molecule has 0 radical (unpaired) electrons. The molecule has 4 nitrogen and oxygen atoms in total. The van der Waals surface area contributed by atoms with Crippen molar-refractivity contribution >= 4 is 40.7 Å². The quantitative estimate of drug-likeness (QED) is 0.425. The summed E-state index contributed by atoms with van der Waals surface area (Å²) in [5.74, 6) is 1.08. The second-order valence-electron chi connectivity index (χ2n) is 5.28. The smallest absolute Gasteiger partial charge is 0.191 e. The lowest BCUT2D eigenvalue weighted by Crippen LogP contribution is -2.05. The minimum absolute atomic E-state index is 0.0281. The highest BCUT2D eigenvalue weighted by atomic mass is 35.5. The van der Waals surface area contributed by atoms with Gasteiger partial charge in [0.05, 0.1) is 5.75 Å². The Balaban J connectivity index is 1.76. The van der Waals surface area contributed by atoms with Gasteiger partial charge >= 0.3 is 0 Å². The Hall–Kier alpha value is -1.82. The molecular formula is C18H15Cl2N3OS. The van der Waals surface area contributed by atoms with Crippen LogP contribution in [-0.4, -0.2) is 26.3 Å². The second kappa shape index (κ2) is 8.04. The number of aromatic nitrogens is 3. The lowest BCUT2D eigenvalue weighted by atomic mass is 10.1. The molecule has 0 atom stereocenters. The molecule has 25 heavy (non-hydrogen) atoms. The van der Waals surface area contributed by atoms with Crippen molar-refractivity contribution < 1.29 is 4.79 Å². The van der Waals surface area contributed by atoms with E-state index in [4.69, 9.17) is 23.2 Å². The minimum atomic E-state index is 0.0281. The summed E-state index contributed by atoms with van der Waals surface area (Å²) >= 11 is 13.2. The van der Waals surface area contributed by atoms with Gasteiger partial charge in [0.1, 0.15) is 0 Å². The van der Waals surface area contributed by atoms with E-state index in [0.717, 1.165) is 16.5 Å². The molecule has 0 N–H and O–H groups in total. The van der Waals surface area contributed by atoms with Crippen LogP contribution in [0, 0.1) is 0 Å². The van der Waals surface area contributed by atoms with Gasteiger partial charge in [0.25, 0.3) is 0 Å². The fraction of sp³-hybridized carbons (Fsp3) is 0.167. The normalized spacial score (nSPS) is 10.8. The topological polar surface area (TPSA) is 47.8 Å². The number of halogens is 2. The molecule has 2 aromatic carbocycles. The summed E-state index contributed by atoms with van der Waals surface area (Å²) in [6.45, 7) is 2.73. The standard InChI is InChI=1S/C18H15Cl2N3OS/c1-2-23-17(13-5-9-15(20)10-6-13)21-22-18(23)25-11-16(24)12-3-7-14(19)8-4-12/h3-10H,2,11H2,1H3. The van der Waals surface area contributed by atoms with E-state index in [1.54, 1.807) is 24.3 Å². The Morgan fingerprint density at radius 3 is 2.20 bits per heavy atom. The monoisotopic (exact) mass is 391 g/mol. The van der Waals surface area contributed by atoms with E-state index in [-0.39, 0.29) is 5.78 Å². The molecule has 0 spiro atoms. The van der Waals surface area contributed by atoms with E-state index in [9.17, 15) is 4.79 Å². The Labute approximate surface area is 160 Å². The molecule has 3 aromatic rings. The Bertz CT molecular complexity index is 876. The summed E-state index contributed by atoms with van der Waals surface area (Å²) in [4.78, 5) is 12.3. The fourth-order valence-corrected chi connectivity index (χ4v) is 3.49. The van der Waals surface area contributed by atoms with Gasteiger partial charge in [-0.1, -0.05) is 35.0 Å². The van der Waals surface area contributed by atoms with Gasteiger partial charge in [-0.15, -0.1) is 10.2 Å². The molecule has 7 heteroatoms. The molecule has 128 valence electrons. The van der Waals surface area contributed by atoms with Crippen LogP contribution in [0.1, 0.15) is 17.3 Å². The highest BCUT2D eigenvalue weighted by molar-refractivity contribution is 7.99. The van der Waals surface area contributed by atoms with Crippen molar-refractivity contribution in [1.82, 2.24) is 14.8 Å². The lowest BCUT2D eigenvalue weighted by Gasteiger charge is -2.07. The van der Waals surface area contributed by atoms with E-state index in [0.29, 0.717) is 27.9 Å². The third-order valence-corrected chi connectivity index (χ3v) is 5.10. The third-order valence-electron chi connectivity index (χ3n) is 3.63. The molecule has 1 aromatic heterocycles. The highest BCUT2D eigenvalue weighted by Gasteiger charge is 2.15. The number of hydrogen-bond acceptors (Lipinski definition) is 4. The summed E-state index contributed by atoms with van der Waals surface area (Å²) in [7, 11) is 0. The highest BCUT2D eigenvalue weighted by Crippen LogP contribution is 2.25. The number of rotatable bonds is 6. The van der Waals surface area contributed by atoms with Gasteiger partial charge in [-0.25, -0.2) is 0 Å². The largest absolute Gasteiger partial charge is 0.302 e. The number of nitrogens with zero attached hydrogens (tertiary/aromatic N) is 3. The predicted octanol–water partition coefficient (Wildman–Crippen LogP) is 5.25. The SMILES string of the molecule is CCn1c(SCC(=O)c2ccc(Cl)cc2)nnc1-c1ccc(Cl)cc1. The van der Waals surface area contributed by atoms with Crippen LogP contribution in [0.5, 0.6) is 0 Å². The van der Waals surface area contributed by atoms with Crippen molar-refractivity contribution in [2.75, 3.05) is 5.75 Å². The van der Waals surface area contributed by atoms with Gasteiger partial charge in [-0.05, 0) is 55.5 Å². The molecule has 1 heterocycles. The minimum Gasteiger partial charge on any atom is -0.302 e. The number of carbonyl (C=O) groups is 1. The maximum atomic E-state index is 12.3. The number of carbonyl (C=O) groups excluding carboxylic acids is 1. The van der Waals surface area contributed by atoms with Gasteiger partial charge in [-0.2, -0.15) is 0 Å². The molecule has 0 aliphatic rings. The van der Waals surface area contributed by atoms with E-state index in [1.165, 1.54) is 11.8 Å². The first-order valence-electron chi connectivity index (χ1n) is 7.69. The van der Waals surface area contributed by atoms with Gasteiger partial charge in [0, 0.05) is 27.7 Å². The van der Waals surface area contributed by atoms with Crippen LogP contribution in [0.3, 0.4) is 0 Å². The van der Waals surface area contributed by atoms with Crippen LogP contribution in [-0.2, 0) is 6.54 Å². The molecule has 0 amide bonds. The van der Waals surface area contributed by atoms with Crippen LogP contribution in [0.25, 0.3) is 11.4 Å². The zero-order chi connectivity index (χ0) is 17.8. The molecule has 0 fully saturated rings. The lowest BCUT2D eigenvalue weighted by molar-refractivity contribution is 0.102. The Morgan fingerprint density at radius 2 is 1.60 bits per heavy atom. The van der Waals surface area contributed by atoms with Crippen LogP contribution in [0.4, 0.5) is 0 Å². The van der Waals surface area contributed by atoms with Crippen molar-refractivity contribution in [3.63, 3.8) is 0 Å². The van der Waals surface area contributed by atoms with E-state index < -0.39 is 0 Å². The summed E-state index contributed by atoms with van der Waals surface area (Å²) in [5, 5.41) is 10.5. The summed E-state index contributed by atoms with van der Waals surface area (Å²) in [6, 6.07) is 14.4. The van der Waals surface area contributed by atoms with Gasteiger partial charge in [0.15, 0.2) is 16.8 Å². The zero-order valence-corrected chi connectivity index (χ0v) is 15.8. The molecule has 0 unspecified atom stereocenters. The molecule has 0 aliphatic heterocycles. The number of thioether (sulfide) groups is 1. The predicted molar refractivity (Wildman–Crippen MR) is 103 cm³/mol. The molecule has 0 saturated heterocycles. The maximum absolute atomic E-state index is 12.3. The van der Waals surface area contributed by atoms with Crippen LogP contribution in [0.2, 0.25) is 10.0 Å². The Kier molecular flexibility index (Phi) is 5.78. The van der Waals surface area contributed by atoms with Gasteiger partial charge in [-0.3, -0.25) is 4.79 Å². The molecule has 0 aliphatic carbocycles. The van der Waals surface area contributed by atoms with Crippen molar-refractivity contribution in [2.24, 2.45) is 0 Å². The van der Waals surface area contributed by atoms with Crippen LogP contribution < -0.4 is 0 Å². The number of benzene rings is 2. The number of hydrogen-bond donors (Lipinski definition) is 0. The summed E-state index contributed by atoms with van der Waals surface area (Å²) < 4.78 is 1.99. The van der Waals surface area contributed by atoms with Gasteiger partial charge in [0.2, 0.25) is 0 Å². The number of Topliss-reactive ketones (excluding diaryl/α,β-unsaturated/α-hetero) is 1. The van der Waals surface area contributed by atoms with Crippen molar-refractivity contribution in [3.8, 4) is 11.4 Å². The first-order chi connectivity index (χ1) is 12.1. The molecule has 0 bridgehead atoms. The second-order valence-corrected chi connectivity index (χ2v) is 7.09. The average Bonchev–Trinajstić information content (AvgIpc) is 3.04. The van der Waals surface area contributed by atoms with Gasteiger partial charge < -0.3 is 4.57 Å². The zero-order valence-electron chi connectivity index (χ0n) is 13.4. The first kappa shape index (κ1) is 18.0. The molecular weight excluding hydrogens is 377 g/mol. The van der Waals surface area contributed by atoms with Crippen molar-refractivity contribution in [2.45, 2.75) is 18.6 Å². The van der Waals surface area contributed by atoms with Crippen LogP contribution in [0.15, 0.2) is 53.7 Å². The maximum Gasteiger partial charge on any atom is 0.191 e. The van der Waals surface area contributed by atoms with Crippen molar-refractivity contribution in [1.29, 1.82) is 0 Å². The van der Waals surface area contributed by atoms with E-state index >= 15 is 0 Å². The third kappa shape index (κ3) is 4.24. The van der Waals surface area contributed by atoms with Crippen LogP contribution >= 0.6 is 35.0 Å². The fourth-order valence-electron chi connectivity index (χ4n) is 2.34. The summed E-state index contributed by atoms with van der Waals surface area (Å²) in [5.41, 5.74) is 1.58. The van der Waals surface area contributed by atoms with E-state index in [1.807, 2.05) is 35.8 Å². The average molecular weight is 392 g/mol. The van der Waals surface area contributed by atoms with E-state index in [2.05, 4.69) is 10.2 Å².